The van der Waals surface area contributed by atoms with Crippen molar-refractivity contribution >= 4 is 11.6 Å². The number of carbonyl (C=O) groups excluding carboxylic acids is 1. The third-order valence-corrected chi connectivity index (χ3v) is 3.71. The van der Waals surface area contributed by atoms with E-state index in [1.54, 1.807) is 0 Å². The van der Waals surface area contributed by atoms with Crippen LogP contribution in [0.15, 0.2) is 24.3 Å². The van der Waals surface area contributed by atoms with Gasteiger partial charge in [0.25, 0.3) is 0 Å². The average molecular weight is 261 g/mol. The number of para-hydroxylation sites is 1. The van der Waals surface area contributed by atoms with Gasteiger partial charge in [-0.25, -0.2) is 0 Å². The molecule has 0 bridgehead atoms. The number of carbonyl (C=O) groups is 1. The van der Waals surface area contributed by atoms with E-state index in [1.165, 1.54) is 5.56 Å². The van der Waals surface area contributed by atoms with Crippen LogP contribution >= 0.6 is 0 Å². The van der Waals surface area contributed by atoms with Crippen LogP contribution in [0.25, 0.3) is 0 Å². The molecule has 0 spiro atoms. The molecule has 1 unspecified atom stereocenters. The van der Waals surface area contributed by atoms with Crippen molar-refractivity contribution < 1.29 is 4.79 Å². The van der Waals surface area contributed by atoms with Gasteiger partial charge in [-0.1, -0.05) is 18.2 Å². The smallest absolute Gasteiger partial charge is 0.242 e. The molecule has 0 saturated carbocycles. The second kappa shape index (κ2) is 6.06. The second-order valence-corrected chi connectivity index (χ2v) is 5.04. The van der Waals surface area contributed by atoms with Gasteiger partial charge in [0.1, 0.15) is 0 Å². The van der Waals surface area contributed by atoms with E-state index in [-0.39, 0.29) is 11.9 Å². The van der Waals surface area contributed by atoms with Gasteiger partial charge in [0, 0.05) is 31.4 Å². The normalized spacial score (nSPS) is 18.1. The summed E-state index contributed by atoms with van der Waals surface area (Å²) in [5.74, 6) is 0.175. The summed E-state index contributed by atoms with van der Waals surface area (Å²) in [6.45, 7) is 6.72. The Bertz CT molecular complexity index is 443. The summed E-state index contributed by atoms with van der Waals surface area (Å²) in [5, 5.41) is 0. The standard InChI is InChI=1S/C15H23N3O/c1-3-17(4-2)15(19)11-18-10-13(16)9-12-7-5-6-8-14(12)18/h5-8,13H,3-4,9-11,16H2,1-2H3. The Kier molecular flexibility index (Phi) is 4.43. The van der Waals surface area contributed by atoms with Gasteiger partial charge in [-0.05, 0) is 31.9 Å². The average Bonchev–Trinajstić information content (AvgIpc) is 2.40. The minimum atomic E-state index is 0.111. The zero-order chi connectivity index (χ0) is 13.8. The summed E-state index contributed by atoms with van der Waals surface area (Å²) in [4.78, 5) is 16.2. The van der Waals surface area contributed by atoms with Crippen LogP contribution in [-0.4, -0.2) is 43.0 Å². The van der Waals surface area contributed by atoms with Crippen molar-refractivity contribution in [1.29, 1.82) is 0 Å². The maximum atomic E-state index is 12.2. The lowest BCUT2D eigenvalue weighted by Gasteiger charge is -2.35. The topological polar surface area (TPSA) is 49.6 Å². The number of nitrogens with two attached hydrogens (primary N) is 1. The fourth-order valence-corrected chi connectivity index (χ4v) is 2.71. The van der Waals surface area contributed by atoms with Crippen molar-refractivity contribution in [3.8, 4) is 0 Å². The van der Waals surface area contributed by atoms with E-state index in [9.17, 15) is 4.79 Å². The van der Waals surface area contributed by atoms with Gasteiger partial charge in [0.05, 0.1) is 6.54 Å². The van der Waals surface area contributed by atoms with E-state index in [2.05, 4.69) is 17.0 Å². The van der Waals surface area contributed by atoms with Crippen LogP contribution in [0.5, 0.6) is 0 Å². The number of benzene rings is 1. The Morgan fingerprint density at radius 3 is 2.74 bits per heavy atom. The van der Waals surface area contributed by atoms with Crippen LogP contribution in [0.1, 0.15) is 19.4 Å². The van der Waals surface area contributed by atoms with Crippen LogP contribution in [-0.2, 0) is 11.2 Å². The molecule has 0 radical (unpaired) electrons. The molecule has 0 aromatic heterocycles. The first kappa shape index (κ1) is 13.9. The molecule has 1 aliphatic heterocycles. The Morgan fingerprint density at radius 2 is 2.05 bits per heavy atom. The van der Waals surface area contributed by atoms with Crippen molar-refractivity contribution in [2.75, 3.05) is 31.1 Å². The molecule has 0 aliphatic carbocycles. The van der Waals surface area contributed by atoms with Crippen LogP contribution in [0, 0.1) is 0 Å². The molecule has 4 heteroatoms. The molecular weight excluding hydrogens is 238 g/mol. The zero-order valence-corrected chi connectivity index (χ0v) is 11.8. The molecule has 2 rings (SSSR count). The quantitative estimate of drug-likeness (QED) is 0.887. The largest absolute Gasteiger partial charge is 0.360 e. The van der Waals surface area contributed by atoms with Crippen molar-refractivity contribution in [2.24, 2.45) is 5.73 Å². The second-order valence-electron chi connectivity index (χ2n) is 5.04. The lowest BCUT2D eigenvalue weighted by molar-refractivity contribution is -0.129. The summed E-state index contributed by atoms with van der Waals surface area (Å²) in [7, 11) is 0. The van der Waals surface area contributed by atoms with Gasteiger partial charge in [-0.2, -0.15) is 0 Å². The molecule has 1 amide bonds. The molecule has 1 heterocycles. The van der Waals surface area contributed by atoms with Gasteiger partial charge >= 0.3 is 0 Å². The minimum absolute atomic E-state index is 0.111. The zero-order valence-electron chi connectivity index (χ0n) is 11.8. The molecule has 1 aliphatic rings. The Hall–Kier alpha value is -1.55. The molecule has 0 saturated heterocycles. The molecule has 0 fully saturated rings. The van der Waals surface area contributed by atoms with Gasteiger partial charge in [0.2, 0.25) is 5.91 Å². The first-order valence-corrected chi connectivity index (χ1v) is 7.01. The predicted molar refractivity (Wildman–Crippen MR) is 78.3 cm³/mol. The summed E-state index contributed by atoms with van der Waals surface area (Å²) >= 11 is 0. The summed E-state index contributed by atoms with van der Waals surface area (Å²) < 4.78 is 0. The monoisotopic (exact) mass is 261 g/mol. The molecule has 1 aromatic rings. The number of likely N-dealkylation sites (N-methyl/N-ethyl adjacent to an activating group) is 1. The van der Waals surface area contributed by atoms with Crippen LogP contribution < -0.4 is 10.6 Å². The third-order valence-electron chi connectivity index (χ3n) is 3.71. The highest BCUT2D eigenvalue weighted by Crippen LogP contribution is 2.26. The first-order valence-electron chi connectivity index (χ1n) is 7.01. The van der Waals surface area contributed by atoms with Crippen molar-refractivity contribution in [3.63, 3.8) is 0 Å². The van der Waals surface area contributed by atoms with Crippen LogP contribution in [0.3, 0.4) is 0 Å². The molecule has 2 N–H and O–H groups in total. The summed E-state index contributed by atoms with van der Waals surface area (Å²) in [5.41, 5.74) is 8.49. The highest BCUT2D eigenvalue weighted by Gasteiger charge is 2.24. The molecular formula is C15H23N3O. The number of hydrogen-bond acceptors (Lipinski definition) is 3. The maximum absolute atomic E-state index is 12.2. The number of nitrogens with zero attached hydrogens (tertiary/aromatic N) is 2. The third kappa shape index (κ3) is 3.07. The van der Waals surface area contributed by atoms with Crippen molar-refractivity contribution in [1.82, 2.24) is 4.90 Å². The van der Waals surface area contributed by atoms with Gasteiger partial charge in [-0.15, -0.1) is 0 Å². The van der Waals surface area contributed by atoms with Gasteiger partial charge in [-0.3, -0.25) is 4.79 Å². The van der Waals surface area contributed by atoms with Crippen LogP contribution in [0.2, 0.25) is 0 Å². The Labute approximate surface area is 115 Å². The van der Waals surface area contributed by atoms with Gasteiger partial charge < -0.3 is 15.5 Å². The van der Waals surface area contributed by atoms with Crippen LogP contribution in [0.4, 0.5) is 5.69 Å². The summed E-state index contributed by atoms with van der Waals surface area (Å²) in [6, 6.07) is 8.34. The lowest BCUT2D eigenvalue weighted by Crippen LogP contribution is -2.48. The van der Waals surface area contributed by atoms with E-state index in [4.69, 9.17) is 5.73 Å². The highest BCUT2D eigenvalue weighted by atomic mass is 16.2. The fraction of sp³-hybridized carbons (Fsp3) is 0.533. The number of hydrogen-bond donors (Lipinski definition) is 1. The van der Waals surface area contributed by atoms with E-state index in [0.717, 1.165) is 31.7 Å². The molecule has 104 valence electrons. The van der Waals surface area contributed by atoms with Crippen molar-refractivity contribution in [3.05, 3.63) is 29.8 Å². The lowest BCUT2D eigenvalue weighted by atomic mass is 9.98. The summed E-state index contributed by atoms with van der Waals surface area (Å²) in [6.07, 6.45) is 0.895. The molecule has 1 atom stereocenters. The van der Waals surface area contributed by atoms with E-state index in [0.29, 0.717) is 6.54 Å². The Balaban J connectivity index is 2.15. The number of amides is 1. The van der Waals surface area contributed by atoms with Gasteiger partial charge in [0.15, 0.2) is 0 Å². The Morgan fingerprint density at radius 1 is 1.37 bits per heavy atom. The highest BCUT2D eigenvalue weighted by molar-refractivity contribution is 5.82. The SMILES string of the molecule is CCN(CC)C(=O)CN1CC(N)Cc2ccccc21. The maximum Gasteiger partial charge on any atom is 0.242 e. The fourth-order valence-electron chi connectivity index (χ4n) is 2.71. The molecule has 4 nitrogen and oxygen atoms in total. The van der Waals surface area contributed by atoms with E-state index >= 15 is 0 Å². The molecule has 19 heavy (non-hydrogen) atoms. The minimum Gasteiger partial charge on any atom is -0.360 e. The molecule has 1 aromatic carbocycles. The number of fused-ring (bicyclic) bond motifs is 1. The number of anilines is 1. The number of rotatable bonds is 4. The van der Waals surface area contributed by atoms with E-state index in [1.807, 2.05) is 30.9 Å². The van der Waals surface area contributed by atoms with Crippen molar-refractivity contribution in [2.45, 2.75) is 26.3 Å². The first-order chi connectivity index (χ1) is 9.15. The predicted octanol–water partition coefficient (Wildman–Crippen LogP) is 1.24. The van der Waals surface area contributed by atoms with E-state index < -0.39 is 0 Å².